The predicted octanol–water partition coefficient (Wildman–Crippen LogP) is 3.50. The Morgan fingerprint density at radius 3 is 2.29 bits per heavy atom. The maximum atomic E-state index is 13.5. The molecule has 0 bridgehead atoms. The van der Waals surface area contributed by atoms with Crippen LogP contribution in [-0.4, -0.2) is 37.0 Å². The van der Waals surface area contributed by atoms with Gasteiger partial charge in [-0.15, -0.1) is 0 Å². The number of ether oxygens (including phenoxy) is 1. The third-order valence-corrected chi connectivity index (χ3v) is 6.98. The summed E-state index contributed by atoms with van der Waals surface area (Å²) >= 11 is 0. The monoisotopic (exact) mass is 401 g/mol. The number of hydrogen-bond acceptors (Lipinski definition) is 5. The molecule has 0 saturated carbocycles. The highest BCUT2D eigenvalue weighted by atomic mass is 32.2. The molecule has 2 atom stereocenters. The molecule has 28 heavy (non-hydrogen) atoms. The Kier molecular flexibility index (Phi) is 5.58. The van der Waals surface area contributed by atoms with Crippen molar-refractivity contribution in [2.24, 2.45) is 0 Å². The lowest BCUT2D eigenvalue weighted by Gasteiger charge is -2.40. The molecule has 0 amide bonds. The minimum absolute atomic E-state index is 0.0100. The van der Waals surface area contributed by atoms with Gasteiger partial charge >= 0.3 is 5.97 Å². The maximum Gasteiger partial charge on any atom is 0.338 e. The molecule has 0 aromatic heterocycles. The first-order valence-corrected chi connectivity index (χ1v) is 10.4. The Labute approximate surface area is 165 Å². The first kappa shape index (κ1) is 20.1. The second-order valence-corrected chi connectivity index (χ2v) is 8.65. The molecular formula is C21H23NO5S. The number of benzene rings is 2. The van der Waals surface area contributed by atoms with Gasteiger partial charge in [-0.25, -0.2) is 13.2 Å². The van der Waals surface area contributed by atoms with Gasteiger partial charge in [0.05, 0.1) is 29.7 Å². The van der Waals surface area contributed by atoms with E-state index >= 15 is 0 Å². The molecule has 2 unspecified atom stereocenters. The van der Waals surface area contributed by atoms with Gasteiger partial charge in [0.15, 0.2) is 0 Å². The minimum atomic E-state index is -3.94. The quantitative estimate of drug-likeness (QED) is 0.793. The Bertz CT molecular complexity index is 997. The summed E-state index contributed by atoms with van der Waals surface area (Å²) in [6.07, 6.45) is -0.0100. The first-order chi connectivity index (χ1) is 13.3. The number of sulfonamides is 1. The van der Waals surface area contributed by atoms with Gasteiger partial charge in [-0.05, 0) is 31.5 Å². The van der Waals surface area contributed by atoms with E-state index in [4.69, 9.17) is 4.74 Å². The average molecular weight is 401 g/mol. The number of nitrogens with zero attached hydrogens (tertiary/aromatic N) is 1. The molecule has 0 aliphatic carbocycles. The third kappa shape index (κ3) is 3.55. The summed E-state index contributed by atoms with van der Waals surface area (Å²) in [5, 5.41) is 10.5. The zero-order valence-electron chi connectivity index (χ0n) is 16.0. The van der Waals surface area contributed by atoms with Crippen molar-refractivity contribution in [1.82, 2.24) is 4.31 Å². The molecule has 6 nitrogen and oxygen atoms in total. The van der Waals surface area contributed by atoms with E-state index in [-0.39, 0.29) is 22.6 Å². The highest BCUT2D eigenvalue weighted by Crippen LogP contribution is 2.41. The number of aryl methyl sites for hydroxylation is 1. The number of aliphatic hydroxyl groups excluding tert-OH is 1. The molecule has 7 heteroatoms. The number of methoxy groups -OCH3 is 1. The molecule has 3 rings (SSSR count). The fourth-order valence-electron chi connectivity index (χ4n) is 3.57. The van der Waals surface area contributed by atoms with Crippen molar-refractivity contribution in [1.29, 1.82) is 0 Å². The molecule has 2 aromatic rings. The van der Waals surface area contributed by atoms with Crippen LogP contribution in [0.3, 0.4) is 0 Å². The molecule has 0 fully saturated rings. The van der Waals surface area contributed by atoms with Crippen LogP contribution >= 0.6 is 0 Å². The second kappa shape index (κ2) is 7.77. The molecule has 0 spiro atoms. The molecule has 148 valence electrons. The van der Waals surface area contributed by atoms with Crippen LogP contribution in [0, 0.1) is 6.92 Å². The third-order valence-electron chi connectivity index (χ3n) is 4.99. The Balaban J connectivity index is 2.17. The smallest absolute Gasteiger partial charge is 0.338 e. The van der Waals surface area contributed by atoms with Crippen LogP contribution in [0.25, 0.3) is 0 Å². The second-order valence-electron chi connectivity index (χ2n) is 6.81. The molecule has 1 aliphatic rings. The van der Waals surface area contributed by atoms with Crippen molar-refractivity contribution in [2.75, 3.05) is 7.11 Å². The van der Waals surface area contributed by atoms with Gasteiger partial charge in [0.25, 0.3) is 0 Å². The largest absolute Gasteiger partial charge is 0.512 e. The highest BCUT2D eigenvalue weighted by molar-refractivity contribution is 7.89. The molecule has 1 N–H and O–H groups in total. The standard InChI is InChI=1S/C21H23NO5S/c1-14-9-11-17(12-10-14)28(25,26)22-15(2)20(21(24)27-3)19(23)13-18(22)16-7-5-4-6-8-16/h4-12,15,18,23H,13H2,1-3H3. The van der Waals surface area contributed by atoms with Crippen LogP contribution in [0.2, 0.25) is 0 Å². The summed E-state index contributed by atoms with van der Waals surface area (Å²) in [6.45, 7) is 3.46. The van der Waals surface area contributed by atoms with Crippen LogP contribution in [0.1, 0.15) is 30.5 Å². The Hall–Kier alpha value is -2.64. The topological polar surface area (TPSA) is 83.9 Å². The zero-order chi connectivity index (χ0) is 20.5. The van der Waals surface area contributed by atoms with Crippen molar-refractivity contribution in [3.8, 4) is 0 Å². The summed E-state index contributed by atoms with van der Waals surface area (Å²) in [4.78, 5) is 12.4. The van der Waals surface area contributed by atoms with Gasteiger partial charge in [0, 0.05) is 6.42 Å². The molecule has 1 aliphatic heterocycles. The van der Waals surface area contributed by atoms with Gasteiger partial charge in [-0.2, -0.15) is 4.31 Å². The summed E-state index contributed by atoms with van der Waals surface area (Å²) in [5.74, 6) is -0.885. The minimum Gasteiger partial charge on any atom is -0.512 e. The number of carbonyl (C=O) groups excluding carboxylic acids is 1. The fraction of sp³-hybridized carbons (Fsp3) is 0.286. The number of hydrogen-bond donors (Lipinski definition) is 1. The van der Waals surface area contributed by atoms with Crippen LogP contribution < -0.4 is 0 Å². The normalized spacial score (nSPS) is 20.8. The van der Waals surface area contributed by atoms with E-state index in [2.05, 4.69) is 0 Å². The fourth-order valence-corrected chi connectivity index (χ4v) is 5.34. The van der Waals surface area contributed by atoms with E-state index in [9.17, 15) is 18.3 Å². The number of esters is 1. The summed E-state index contributed by atoms with van der Waals surface area (Å²) in [7, 11) is -2.74. The van der Waals surface area contributed by atoms with Crippen molar-refractivity contribution >= 4 is 16.0 Å². The van der Waals surface area contributed by atoms with Gasteiger partial charge < -0.3 is 9.84 Å². The van der Waals surface area contributed by atoms with Gasteiger partial charge in [0.1, 0.15) is 5.76 Å². The summed E-state index contributed by atoms with van der Waals surface area (Å²) in [6, 6.07) is 14.1. The first-order valence-electron chi connectivity index (χ1n) is 8.93. The van der Waals surface area contributed by atoms with Crippen molar-refractivity contribution in [3.63, 3.8) is 0 Å². The van der Waals surface area contributed by atoms with Crippen LogP contribution in [0.5, 0.6) is 0 Å². The Morgan fingerprint density at radius 2 is 1.71 bits per heavy atom. The number of rotatable bonds is 4. The predicted molar refractivity (Wildman–Crippen MR) is 105 cm³/mol. The van der Waals surface area contributed by atoms with Crippen molar-refractivity contribution in [3.05, 3.63) is 77.1 Å². The van der Waals surface area contributed by atoms with Gasteiger partial charge in [0.2, 0.25) is 10.0 Å². The van der Waals surface area contributed by atoms with E-state index in [0.717, 1.165) is 11.1 Å². The van der Waals surface area contributed by atoms with Gasteiger partial charge in [-0.1, -0.05) is 48.0 Å². The molecule has 1 heterocycles. The van der Waals surface area contributed by atoms with Crippen molar-refractivity contribution < 1.29 is 23.1 Å². The average Bonchev–Trinajstić information content (AvgIpc) is 2.68. The maximum absolute atomic E-state index is 13.5. The highest BCUT2D eigenvalue weighted by Gasteiger charge is 2.44. The molecule has 0 saturated heterocycles. The lowest BCUT2D eigenvalue weighted by atomic mass is 9.92. The molecule has 0 radical (unpaired) electrons. The van der Waals surface area contributed by atoms with E-state index < -0.39 is 28.1 Å². The van der Waals surface area contributed by atoms with E-state index in [1.165, 1.54) is 11.4 Å². The van der Waals surface area contributed by atoms with E-state index in [1.54, 1.807) is 31.2 Å². The zero-order valence-corrected chi connectivity index (χ0v) is 16.8. The lowest BCUT2D eigenvalue weighted by molar-refractivity contribution is -0.137. The molecular weight excluding hydrogens is 378 g/mol. The van der Waals surface area contributed by atoms with E-state index in [0.29, 0.717) is 0 Å². The van der Waals surface area contributed by atoms with E-state index in [1.807, 2.05) is 37.3 Å². The summed E-state index contributed by atoms with van der Waals surface area (Å²) < 4.78 is 33.1. The number of carbonyl (C=O) groups is 1. The lowest BCUT2D eigenvalue weighted by Crippen LogP contribution is -2.47. The Morgan fingerprint density at radius 1 is 1.11 bits per heavy atom. The molecule has 2 aromatic carbocycles. The SMILES string of the molecule is COC(=O)C1=C(O)CC(c2ccccc2)N(S(=O)(=O)c2ccc(C)cc2)C1C. The van der Waals surface area contributed by atoms with Crippen molar-refractivity contribution in [2.45, 2.75) is 37.2 Å². The van der Waals surface area contributed by atoms with Crippen LogP contribution in [0.15, 0.2) is 70.8 Å². The van der Waals surface area contributed by atoms with Crippen LogP contribution in [0.4, 0.5) is 0 Å². The number of aliphatic hydroxyl groups is 1. The summed E-state index contributed by atoms with van der Waals surface area (Å²) in [5.41, 5.74) is 1.64. The van der Waals surface area contributed by atoms with Gasteiger partial charge in [-0.3, -0.25) is 0 Å². The van der Waals surface area contributed by atoms with Crippen LogP contribution in [-0.2, 0) is 19.6 Å².